The van der Waals surface area contributed by atoms with Crippen LogP contribution in [0, 0.1) is 23.2 Å². The molecule has 3 rings (SSSR count). The number of aliphatic hydroxyl groups excluding tert-OH is 1. The quantitative estimate of drug-likeness (QED) is 0.608. The molecule has 0 bridgehead atoms. The largest absolute Gasteiger partial charge is 0.392 e. The van der Waals surface area contributed by atoms with E-state index in [1.807, 2.05) is 0 Å². The van der Waals surface area contributed by atoms with Crippen molar-refractivity contribution in [3.8, 4) is 0 Å². The summed E-state index contributed by atoms with van der Waals surface area (Å²) in [6.45, 7) is 17.1. The molecule has 0 aliphatic heterocycles. The average molecular weight is 333 g/mol. The van der Waals surface area contributed by atoms with E-state index >= 15 is 0 Å². The Bertz CT molecular complexity index is 565. The van der Waals surface area contributed by atoms with Crippen molar-refractivity contribution in [2.75, 3.05) is 0 Å². The SMILES string of the molecule is CC1=C2C[C@@H](O)[C@@H]3CC(C)CC[C@H]3[C@@]2(C)CC([Si](C)(C)C)=C1C. The average Bonchev–Trinajstić information content (AvgIpc) is 2.45. The van der Waals surface area contributed by atoms with Crippen LogP contribution in [0.5, 0.6) is 0 Å². The van der Waals surface area contributed by atoms with E-state index in [0.717, 1.165) is 12.3 Å². The Hall–Kier alpha value is -0.343. The molecule has 0 heterocycles. The van der Waals surface area contributed by atoms with Gasteiger partial charge in [0, 0.05) is 0 Å². The highest BCUT2D eigenvalue weighted by molar-refractivity contribution is 6.83. The van der Waals surface area contributed by atoms with E-state index in [0.29, 0.717) is 17.3 Å². The van der Waals surface area contributed by atoms with Crippen molar-refractivity contribution in [1.29, 1.82) is 0 Å². The summed E-state index contributed by atoms with van der Waals surface area (Å²) < 4.78 is 0. The zero-order valence-corrected chi connectivity index (χ0v) is 17.3. The summed E-state index contributed by atoms with van der Waals surface area (Å²) in [6, 6.07) is 0. The first-order valence-electron chi connectivity index (χ1n) is 9.64. The van der Waals surface area contributed by atoms with Gasteiger partial charge in [0.25, 0.3) is 0 Å². The minimum absolute atomic E-state index is 0.109. The molecule has 2 saturated carbocycles. The number of rotatable bonds is 1. The van der Waals surface area contributed by atoms with Crippen molar-refractivity contribution in [2.24, 2.45) is 23.2 Å². The number of fused-ring (bicyclic) bond motifs is 3. The predicted octanol–water partition coefficient (Wildman–Crippen LogP) is 5.72. The first kappa shape index (κ1) is 17.5. The lowest BCUT2D eigenvalue weighted by molar-refractivity contribution is -0.0410. The van der Waals surface area contributed by atoms with Gasteiger partial charge in [-0.15, -0.1) is 0 Å². The Morgan fingerprint density at radius 1 is 1.09 bits per heavy atom. The Morgan fingerprint density at radius 2 is 1.74 bits per heavy atom. The highest BCUT2D eigenvalue weighted by Gasteiger charge is 2.53. The molecular weight excluding hydrogens is 296 g/mol. The summed E-state index contributed by atoms with van der Waals surface area (Å²) >= 11 is 0. The molecule has 1 N–H and O–H groups in total. The van der Waals surface area contributed by atoms with Crippen LogP contribution >= 0.6 is 0 Å². The number of aliphatic hydroxyl groups is 1. The molecule has 0 spiro atoms. The van der Waals surface area contributed by atoms with Gasteiger partial charge in [-0.2, -0.15) is 0 Å². The van der Waals surface area contributed by atoms with Gasteiger partial charge in [-0.3, -0.25) is 0 Å². The zero-order chi connectivity index (χ0) is 17.2. The third-order valence-electron chi connectivity index (χ3n) is 7.49. The van der Waals surface area contributed by atoms with Crippen molar-refractivity contribution in [3.05, 3.63) is 21.9 Å². The molecule has 1 nitrogen and oxygen atoms in total. The summed E-state index contributed by atoms with van der Waals surface area (Å²) in [7, 11) is -1.29. The Kier molecular flexibility index (Phi) is 4.25. The third kappa shape index (κ3) is 2.70. The van der Waals surface area contributed by atoms with Gasteiger partial charge in [0.1, 0.15) is 0 Å². The molecule has 0 aromatic heterocycles. The molecule has 130 valence electrons. The maximum atomic E-state index is 10.9. The topological polar surface area (TPSA) is 20.2 Å². The lowest BCUT2D eigenvalue weighted by atomic mass is 9.51. The highest BCUT2D eigenvalue weighted by atomic mass is 28.3. The van der Waals surface area contributed by atoms with Gasteiger partial charge in [0.15, 0.2) is 0 Å². The van der Waals surface area contributed by atoms with Crippen molar-refractivity contribution in [2.45, 2.75) is 85.5 Å². The lowest BCUT2D eigenvalue weighted by Gasteiger charge is -2.56. The fourth-order valence-corrected chi connectivity index (χ4v) is 8.27. The first-order chi connectivity index (χ1) is 10.6. The van der Waals surface area contributed by atoms with Gasteiger partial charge in [-0.05, 0) is 68.3 Å². The molecule has 0 radical (unpaired) electrons. The minimum atomic E-state index is -1.29. The molecule has 5 atom stereocenters. The molecule has 2 heteroatoms. The monoisotopic (exact) mass is 332 g/mol. The van der Waals surface area contributed by atoms with Crippen molar-refractivity contribution in [3.63, 3.8) is 0 Å². The van der Waals surface area contributed by atoms with Crippen LogP contribution in [0.3, 0.4) is 0 Å². The van der Waals surface area contributed by atoms with Crippen molar-refractivity contribution < 1.29 is 5.11 Å². The molecule has 23 heavy (non-hydrogen) atoms. The molecule has 0 amide bonds. The maximum absolute atomic E-state index is 10.9. The van der Waals surface area contributed by atoms with Gasteiger partial charge < -0.3 is 5.11 Å². The fraction of sp³-hybridized carbons (Fsp3) is 0.810. The molecular formula is C21H36OSi. The van der Waals surface area contributed by atoms with E-state index in [9.17, 15) is 5.11 Å². The van der Waals surface area contributed by atoms with E-state index < -0.39 is 8.07 Å². The van der Waals surface area contributed by atoms with E-state index in [2.05, 4.69) is 47.3 Å². The van der Waals surface area contributed by atoms with Gasteiger partial charge in [-0.1, -0.05) is 56.3 Å². The molecule has 0 aromatic rings. The second kappa shape index (κ2) is 5.59. The normalized spacial score (nSPS) is 41.7. The van der Waals surface area contributed by atoms with Crippen LogP contribution in [-0.2, 0) is 0 Å². The summed E-state index contributed by atoms with van der Waals surface area (Å²) in [6.07, 6.45) is 5.98. The number of hydrogen-bond donors (Lipinski definition) is 1. The fourth-order valence-electron chi connectivity index (χ4n) is 6.06. The third-order valence-corrected chi connectivity index (χ3v) is 9.86. The lowest BCUT2D eigenvalue weighted by Crippen LogP contribution is -2.50. The number of allylic oxidation sites excluding steroid dienone is 3. The smallest absolute Gasteiger partial charge is 0.0728 e. The van der Waals surface area contributed by atoms with Crippen LogP contribution in [0.2, 0.25) is 19.6 Å². The van der Waals surface area contributed by atoms with Crippen LogP contribution in [-0.4, -0.2) is 19.3 Å². The standard InChI is InChI=1S/C21H36OSi/c1-13-8-9-17-16(10-13)19(22)11-18-14(2)15(3)20(23(5,6)7)12-21(17,18)4/h13,16-17,19,22H,8-12H2,1-7H3/t13?,16-,17-,19-,21-/m1/s1. The molecule has 0 saturated heterocycles. The molecule has 3 aliphatic carbocycles. The van der Waals surface area contributed by atoms with E-state index in [1.165, 1.54) is 31.3 Å². The van der Waals surface area contributed by atoms with Crippen LogP contribution in [0.1, 0.15) is 59.8 Å². The predicted molar refractivity (Wildman–Crippen MR) is 102 cm³/mol. The van der Waals surface area contributed by atoms with E-state index in [-0.39, 0.29) is 6.10 Å². The Morgan fingerprint density at radius 3 is 2.35 bits per heavy atom. The van der Waals surface area contributed by atoms with E-state index in [1.54, 1.807) is 16.3 Å². The molecule has 1 unspecified atom stereocenters. The van der Waals surface area contributed by atoms with Crippen LogP contribution in [0.4, 0.5) is 0 Å². The van der Waals surface area contributed by atoms with Gasteiger partial charge in [0.05, 0.1) is 14.2 Å². The second-order valence-electron chi connectivity index (χ2n) is 10.0. The van der Waals surface area contributed by atoms with Crippen molar-refractivity contribution in [1.82, 2.24) is 0 Å². The summed E-state index contributed by atoms with van der Waals surface area (Å²) in [5.41, 5.74) is 4.99. The Balaban J connectivity index is 2.08. The van der Waals surface area contributed by atoms with E-state index in [4.69, 9.17) is 0 Å². The summed E-state index contributed by atoms with van der Waals surface area (Å²) in [4.78, 5) is 0. The minimum Gasteiger partial charge on any atom is -0.392 e. The van der Waals surface area contributed by atoms with Crippen LogP contribution < -0.4 is 0 Å². The summed E-state index contributed by atoms with van der Waals surface area (Å²) in [5, 5.41) is 12.7. The van der Waals surface area contributed by atoms with Gasteiger partial charge in [-0.25, -0.2) is 0 Å². The van der Waals surface area contributed by atoms with Gasteiger partial charge >= 0.3 is 0 Å². The molecule has 0 aromatic carbocycles. The first-order valence-corrected chi connectivity index (χ1v) is 13.1. The summed E-state index contributed by atoms with van der Waals surface area (Å²) in [5.74, 6) is 2.01. The highest BCUT2D eigenvalue weighted by Crippen LogP contribution is 2.60. The van der Waals surface area contributed by atoms with Gasteiger partial charge in [0.2, 0.25) is 0 Å². The zero-order valence-electron chi connectivity index (χ0n) is 16.3. The molecule has 2 fully saturated rings. The Labute approximate surface area is 144 Å². The number of hydrogen-bond acceptors (Lipinski definition) is 1. The second-order valence-corrected chi connectivity index (χ2v) is 15.1. The molecule has 3 aliphatic rings. The van der Waals surface area contributed by atoms with Crippen molar-refractivity contribution >= 4 is 8.07 Å². The van der Waals surface area contributed by atoms with Crippen LogP contribution in [0.15, 0.2) is 21.9 Å². The van der Waals surface area contributed by atoms with Crippen LogP contribution in [0.25, 0.3) is 0 Å². The maximum Gasteiger partial charge on any atom is 0.0728 e.